The molecule has 0 saturated carbocycles. The fraction of sp³-hybridized carbons (Fsp3) is 1.00. The van der Waals surface area contributed by atoms with E-state index in [2.05, 4.69) is 12.2 Å². The molecular formula is C7H15NO. The third-order valence-electron chi connectivity index (χ3n) is 2.07. The molecule has 1 saturated heterocycles. The second kappa shape index (κ2) is 3.18. The summed E-state index contributed by atoms with van der Waals surface area (Å²) in [5.74, 6) is 0.781. The van der Waals surface area contributed by atoms with Gasteiger partial charge in [-0.05, 0) is 19.4 Å². The van der Waals surface area contributed by atoms with Crippen LogP contribution in [0.3, 0.4) is 0 Å². The summed E-state index contributed by atoms with van der Waals surface area (Å²) in [6.07, 6.45) is 1.20. The van der Waals surface area contributed by atoms with E-state index < -0.39 is 0 Å². The molecule has 2 nitrogen and oxygen atoms in total. The molecule has 2 atom stereocenters. The monoisotopic (exact) mass is 129 g/mol. The molecule has 1 heterocycles. The van der Waals surface area contributed by atoms with Gasteiger partial charge in [-0.2, -0.15) is 0 Å². The first-order valence-electron chi connectivity index (χ1n) is 3.59. The van der Waals surface area contributed by atoms with Gasteiger partial charge in [-0.25, -0.2) is 0 Å². The van der Waals surface area contributed by atoms with Crippen molar-refractivity contribution in [3.05, 3.63) is 0 Å². The van der Waals surface area contributed by atoms with Gasteiger partial charge in [-0.1, -0.05) is 6.92 Å². The van der Waals surface area contributed by atoms with E-state index >= 15 is 0 Å². The number of likely N-dealkylation sites (N-methyl/N-ethyl adjacent to an activating group) is 1. The Balaban J connectivity index is 2.30. The number of ether oxygens (including phenoxy) is 1. The molecule has 9 heavy (non-hydrogen) atoms. The molecule has 0 radical (unpaired) electrons. The summed E-state index contributed by atoms with van der Waals surface area (Å²) in [6.45, 7) is 4.10. The number of nitrogens with one attached hydrogen (secondary N) is 1. The fourth-order valence-corrected chi connectivity index (χ4v) is 1.21. The molecular weight excluding hydrogens is 114 g/mol. The third-order valence-corrected chi connectivity index (χ3v) is 2.07. The Kier molecular flexibility index (Phi) is 2.49. The molecule has 0 aromatic heterocycles. The van der Waals surface area contributed by atoms with Crippen LogP contribution in [0.1, 0.15) is 13.3 Å². The van der Waals surface area contributed by atoms with E-state index in [1.54, 1.807) is 0 Å². The summed E-state index contributed by atoms with van der Waals surface area (Å²) < 4.78 is 5.28. The summed E-state index contributed by atoms with van der Waals surface area (Å²) in [6, 6.07) is 0.582. The van der Waals surface area contributed by atoms with Crippen LogP contribution in [0, 0.1) is 5.92 Å². The SMILES string of the molecule is CN[C@H]1COCC[C@H]1C. The molecule has 54 valence electrons. The van der Waals surface area contributed by atoms with Crippen molar-refractivity contribution < 1.29 is 4.74 Å². The molecule has 0 spiro atoms. The van der Waals surface area contributed by atoms with E-state index in [4.69, 9.17) is 4.74 Å². The quantitative estimate of drug-likeness (QED) is 0.560. The molecule has 0 aromatic carbocycles. The largest absolute Gasteiger partial charge is 0.380 e. The minimum absolute atomic E-state index is 0.582. The summed E-state index contributed by atoms with van der Waals surface area (Å²) in [5.41, 5.74) is 0. The molecule has 0 aromatic rings. The molecule has 0 amide bonds. The Morgan fingerprint density at radius 1 is 1.56 bits per heavy atom. The Bertz CT molecular complexity index is 85.0. The Morgan fingerprint density at radius 2 is 2.33 bits per heavy atom. The minimum Gasteiger partial charge on any atom is -0.380 e. The van der Waals surface area contributed by atoms with Gasteiger partial charge < -0.3 is 10.1 Å². The lowest BCUT2D eigenvalue weighted by molar-refractivity contribution is 0.0442. The molecule has 0 bridgehead atoms. The summed E-state index contributed by atoms with van der Waals surface area (Å²) in [4.78, 5) is 0. The zero-order valence-electron chi connectivity index (χ0n) is 6.18. The Morgan fingerprint density at radius 3 is 2.78 bits per heavy atom. The van der Waals surface area contributed by atoms with E-state index in [0.717, 1.165) is 19.1 Å². The number of hydrogen-bond acceptors (Lipinski definition) is 2. The standard InChI is InChI=1S/C7H15NO/c1-6-3-4-9-5-7(6)8-2/h6-8H,3-5H2,1-2H3/t6-,7+/m1/s1. The second-order valence-corrected chi connectivity index (χ2v) is 2.74. The predicted octanol–water partition coefficient (Wildman–Crippen LogP) is 0.631. The van der Waals surface area contributed by atoms with Crippen molar-refractivity contribution in [2.75, 3.05) is 20.3 Å². The van der Waals surface area contributed by atoms with Gasteiger partial charge in [0.1, 0.15) is 0 Å². The molecule has 0 unspecified atom stereocenters. The van der Waals surface area contributed by atoms with Crippen molar-refractivity contribution in [3.63, 3.8) is 0 Å². The smallest absolute Gasteiger partial charge is 0.0622 e. The molecule has 1 aliphatic heterocycles. The highest BCUT2D eigenvalue weighted by atomic mass is 16.5. The van der Waals surface area contributed by atoms with Gasteiger partial charge in [0.15, 0.2) is 0 Å². The molecule has 0 aliphatic carbocycles. The maximum Gasteiger partial charge on any atom is 0.0622 e. The van der Waals surface area contributed by atoms with Crippen LogP contribution in [0.5, 0.6) is 0 Å². The molecule has 1 aliphatic rings. The first-order valence-corrected chi connectivity index (χ1v) is 3.59. The van der Waals surface area contributed by atoms with Gasteiger partial charge in [0.05, 0.1) is 6.61 Å². The van der Waals surface area contributed by atoms with Crippen LogP contribution in [-0.4, -0.2) is 26.3 Å². The first-order chi connectivity index (χ1) is 4.34. The summed E-state index contributed by atoms with van der Waals surface area (Å²) in [7, 11) is 2.00. The van der Waals surface area contributed by atoms with Crippen LogP contribution in [0.2, 0.25) is 0 Å². The van der Waals surface area contributed by atoms with E-state index in [1.165, 1.54) is 6.42 Å². The molecule has 1 N–H and O–H groups in total. The van der Waals surface area contributed by atoms with E-state index in [9.17, 15) is 0 Å². The number of hydrogen-bond donors (Lipinski definition) is 1. The molecule has 1 rings (SSSR count). The van der Waals surface area contributed by atoms with Crippen molar-refractivity contribution >= 4 is 0 Å². The summed E-state index contributed by atoms with van der Waals surface area (Å²) >= 11 is 0. The maximum absolute atomic E-state index is 5.28. The van der Waals surface area contributed by atoms with Crippen LogP contribution < -0.4 is 5.32 Å². The molecule has 2 heteroatoms. The van der Waals surface area contributed by atoms with Gasteiger partial charge in [0, 0.05) is 12.6 Å². The van der Waals surface area contributed by atoms with E-state index in [0.29, 0.717) is 6.04 Å². The predicted molar refractivity (Wildman–Crippen MR) is 37.4 cm³/mol. The average molecular weight is 129 g/mol. The van der Waals surface area contributed by atoms with Gasteiger partial charge in [0.2, 0.25) is 0 Å². The summed E-state index contributed by atoms with van der Waals surface area (Å²) in [5, 5.41) is 3.23. The maximum atomic E-state index is 5.28. The van der Waals surface area contributed by atoms with Crippen molar-refractivity contribution in [3.8, 4) is 0 Å². The van der Waals surface area contributed by atoms with Crippen molar-refractivity contribution in [1.29, 1.82) is 0 Å². The highest BCUT2D eigenvalue weighted by Crippen LogP contribution is 2.13. The van der Waals surface area contributed by atoms with Gasteiger partial charge >= 0.3 is 0 Å². The van der Waals surface area contributed by atoms with Crippen LogP contribution in [0.4, 0.5) is 0 Å². The van der Waals surface area contributed by atoms with Crippen LogP contribution >= 0.6 is 0 Å². The zero-order chi connectivity index (χ0) is 6.69. The lowest BCUT2D eigenvalue weighted by Crippen LogP contribution is -2.40. The van der Waals surface area contributed by atoms with Crippen LogP contribution in [-0.2, 0) is 4.74 Å². The Labute approximate surface area is 56.6 Å². The topological polar surface area (TPSA) is 21.3 Å². The first kappa shape index (κ1) is 7.03. The normalized spacial score (nSPS) is 36.7. The molecule has 1 fully saturated rings. The highest BCUT2D eigenvalue weighted by Gasteiger charge is 2.19. The minimum atomic E-state index is 0.582. The fourth-order valence-electron chi connectivity index (χ4n) is 1.21. The van der Waals surface area contributed by atoms with Crippen molar-refractivity contribution in [2.45, 2.75) is 19.4 Å². The van der Waals surface area contributed by atoms with E-state index in [-0.39, 0.29) is 0 Å². The Hall–Kier alpha value is -0.0800. The average Bonchev–Trinajstić information content (AvgIpc) is 1.89. The lowest BCUT2D eigenvalue weighted by Gasteiger charge is -2.28. The number of rotatable bonds is 1. The lowest BCUT2D eigenvalue weighted by atomic mass is 9.98. The van der Waals surface area contributed by atoms with Gasteiger partial charge in [0.25, 0.3) is 0 Å². The highest BCUT2D eigenvalue weighted by molar-refractivity contribution is 4.74. The van der Waals surface area contributed by atoms with Crippen LogP contribution in [0.25, 0.3) is 0 Å². The zero-order valence-corrected chi connectivity index (χ0v) is 6.18. The van der Waals surface area contributed by atoms with Crippen molar-refractivity contribution in [2.24, 2.45) is 5.92 Å². The van der Waals surface area contributed by atoms with E-state index in [1.807, 2.05) is 7.05 Å². The van der Waals surface area contributed by atoms with Gasteiger partial charge in [-0.3, -0.25) is 0 Å². The van der Waals surface area contributed by atoms with Crippen LogP contribution in [0.15, 0.2) is 0 Å². The van der Waals surface area contributed by atoms with Crippen molar-refractivity contribution in [1.82, 2.24) is 5.32 Å². The van der Waals surface area contributed by atoms with Gasteiger partial charge in [-0.15, -0.1) is 0 Å². The second-order valence-electron chi connectivity index (χ2n) is 2.74. The third kappa shape index (κ3) is 1.66.